The van der Waals surface area contributed by atoms with Gasteiger partial charge in [-0.25, -0.2) is 18.4 Å². The third-order valence-corrected chi connectivity index (χ3v) is 5.18. The number of piperazine rings is 1. The van der Waals surface area contributed by atoms with Gasteiger partial charge in [0.2, 0.25) is 10.0 Å². The minimum Gasteiger partial charge on any atom is -0.322 e. The van der Waals surface area contributed by atoms with Crippen LogP contribution in [-0.4, -0.2) is 55.4 Å². The number of amides is 2. The predicted octanol–water partition coefficient (Wildman–Crippen LogP) is 1.08. The first-order valence-electron chi connectivity index (χ1n) is 8.22. The highest BCUT2D eigenvalue weighted by Gasteiger charge is 2.21. The maximum Gasteiger partial charge on any atom is 0.321 e. The van der Waals surface area contributed by atoms with E-state index in [1.807, 2.05) is 12.1 Å². The molecule has 26 heavy (non-hydrogen) atoms. The van der Waals surface area contributed by atoms with Crippen LogP contribution in [0.4, 0.5) is 10.5 Å². The summed E-state index contributed by atoms with van der Waals surface area (Å²) in [5.74, 6) is 0. The molecule has 2 aromatic rings. The number of hydrogen-bond donors (Lipinski definition) is 2. The number of nitrogens with two attached hydrogens (primary N) is 1. The highest BCUT2D eigenvalue weighted by atomic mass is 32.2. The van der Waals surface area contributed by atoms with Gasteiger partial charge < -0.3 is 10.2 Å². The number of anilines is 1. The molecule has 3 rings (SSSR count). The largest absolute Gasteiger partial charge is 0.322 e. The number of nitrogens with zero attached hydrogens (tertiary/aromatic N) is 3. The maximum absolute atomic E-state index is 12.4. The molecule has 1 saturated heterocycles. The van der Waals surface area contributed by atoms with E-state index >= 15 is 0 Å². The lowest BCUT2D eigenvalue weighted by Gasteiger charge is -2.34. The molecule has 0 atom stereocenters. The molecule has 8 nitrogen and oxygen atoms in total. The fraction of sp³-hybridized carbons (Fsp3) is 0.294. The van der Waals surface area contributed by atoms with Crippen LogP contribution >= 0.6 is 0 Å². The number of primary sulfonamides is 1. The van der Waals surface area contributed by atoms with Crippen molar-refractivity contribution in [1.82, 2.24) is 14.8 Å². The van der Waals surface area contributed by atoms with E-state index < -0.39 is 10.0 Å². The van der Waals surface area contributed by atoms with E-state index in [2.05, 4.69) is 15.2 Å². The van der Waals surface area contributed by atoms with E-state index in [0.717, 1.165) is 19.6 Å². The molecule has 0 bridgehead atoms. The zero-order chi connectivity index (χ0) is 18.6. The second kappa shape index (κ2) is 7.81. The predicted molar refractivity (Wildman–Crippen MR) is 97.9 cm³/mol. The van der Waals surface area contributed by atoms with Crippen LogP contribution in [-0.2, 0) is 16.6 Å². The summed E-state index contributed by atoms with van der Waals surface area (Å²) in [6, 6.07) is 9.58. The van der Waals surface area contributed by atoms with Gasteiger partial charge in [0.05, 0.1) is 4.90 Å². The van der Waals surface area contributed by atoms with E-state index in [1.54, 1.807) is 17.3 Å². The fourth-order valence-corrected chi connectivity index (χ4v) is 3.30. The maximum atomic E-state index is 12.4. The molecule has 1 aliphatic rings. The molecule has 2 amide bonds. The topological polar surface area (TPSA) is 109 Å². The molecule has 1 aromatic heterocycles. The Morgan fingerprint density at radius 1 is 1.04 bits per heavy atom. The number of hydrogen-bond acceptors (Lipinski definition) is 5. The molecule has 9 heteroatoms. The van der Waals surface area contributed by atoms with Gasteiger partial charge in [-0.1, -0.05) is 0 Å². The highest BCUT2D eigenvalue weighted by Crippen LogP contribution is 2.14. The van der Waals surface area contributed by atoms with Crippen LogP contribution in [0.1, 0.15) is 5.56 Å². The number of pyridine rings is 1. The lowest BCUT2D eigenvalue weighted by Crippen LogP contribution is -2.49. The van der Waals surface area contributed by atoms with Crippen LogP contribution in [0.2, 0.25) is 0 Å². The Bertz CT molecular complexity index is 848. The molecule has 0 saturated carbocycles. The molecule has 0 aliphatic carbocycles. The van der Waals surface area contributed by atoms with E-state index in [0.29, 0.717) is 18.8 Å². The summed E-state index contributed by atoms with van der Waals surface area (Å²) in [6.45, 7) is 3.69. The number of benzene rings is 1. The van der Waals surface area contributed by atoms with Crippen molar-refractivity contribution in [3.8, 4) is 0 Å². The van der Waals surface area contributed by atoms with Gasteiger partial charge in [-0.15, -0.1) is 0 Å². The van der Waals surface area contributed by atoms with Crippen molar-refractivity contribution in [3.05, 3.63) is 54.4 Å². The molecule has 0 radical (unpaired) electrons. The Morgan fingerprint density at radius 2 is 1.65 bits per heavy atom. The number of carbonyl (C=O) groups is 1. The summed E-state index contributed by atoms with van der Waals surface area (Å²) in [5.41, 5.74) is 1.73. The number of rotatable bonds is 4. The smallest absolute Gasteiger partial charge is 0.321 e. The minimum absolute atomic E-state index is 0.0141. The third-order valence-electron chi connectivity index (χ3n) is 4.25. The van der Waals surface area contributed by atoms with E-state index in [1.165, 1.54) is 29.8 Å². The van der Waals surface area contributed by atoms with Crippen LogP contribution in [0.5, 0.6) is 0 Å². The standard InChI is InChI=1S/C17H21N5O3S/c18-26(24,25)16-3-1-15(2-4-16)20-17(23)22-11-9-21(10-12-22)13-14-5-7-19-8-6-14/h1-8H,9-13H2,(H,20,23)(H2,18,24,25). The first kappa shape index (κ1) is 18.3. The van der Waals surface area contributed by atoms with Crippen molar-refractivity contribution in [2.45, 2.75) is 11.4 Å². The van der Waals surface area contributed by atoms with Gasteiger partial charge in [-0.3, -0.25) is 9.88 Å². The summed E-state index contributed by atoms with van der Waals surface area (Å²) in [6.07, 6.45) is 3.56. The number of nitrogens with one attached hydrogen (secondary N) is 1. The van der Waals surface area contributed by atoms with Crippen molar-refractivity contribution in [3.63, 3.8) is 0 Å². The molecule has 3 N–H and O–H groups in total. The first-order chi connectivity index (χ1) is 12.4. The molecular weight excluding hydrogens is 354 g/mol. The average molecular weight is 375 g/mol. The fourth-order valence-electron chi connectivity index (χ4n) is 2.79. The highest BCUT2D eigenvalue weighted by molar-refractivity contribution is 7.89. The van der Waals surface area contributed by atoms with Crippen LogP contribution in [0, 0.1) is 0 Å². The van der Waals surface area contributed by atoms with E-state index in [4.69, 9.17) is 5.14 Å². The molecule has 1 aromatic carbocycles. The monoisotopic (exact) mass is 375 g/mol. The minimum atomic E-state index is -3.73. The Balaban J connectivity index is 1.50. The molecule has 2 heterocycles. The second-order valence-electron chi connectivity index (χ2n) is 6.12. The number of urea groups is 1. The van der Waals surface area contributed by atoms with Crippen molar-refractivity contribution in [2.75, 3.05) is 31.5 Å². The van der Waals surface area contributed by atoms with Gasteiger partial charge in [-0.05, 0) is 42.0 Å². The van der Waals surface area contributed by atoms with Crippen LogP contribution in [0.25, 0.3) is 0 Å². The van der Waals surface area contributed by atoms with Gasteiger partial charge in [0, 0.05) is 50.8 Å². The molecule has 0 spiro atoms. The average Bonchev–Trinajstić information content (AvgIpc) is 2.63. The Kier molecular flexibility index (Phi) is 5.50. The van der Waals surface area contributed by atoms with Crippen molar-refractivity contribution < 1.29 is 13.2 Å². The second-order valence-corrected chi connectivity index (χ2v) is 7.68. The third kappa shape index (κ3) is 4.78. The zero-order valence-electron chi connectivity index (χ0n) is 14.2. The molecule has 0 unspecified atom stereocenters. The normalized spacial score (nSPS) is 15.7. The van der Waals surface area contributed by atoms with Gasteiger partial charge in [-0.2, -0.15) is 0 Å². The van der Waals surface area contributed by atoms with E-state index in [9.17, 15) is 13.2 Å². The van der Waals surface area contributed by atoms with Gasteiger partial charge in [0.1, 0.15) is 0 Å². The van der Waals surface area contributed by atoms with Gasteiger partial charge in [0.25, 0.3) is 0 Å². The molecule has 1 aliphatic heterocycles. The van der Waals surface area contributed by atoms with Crippen LogP contribution in [0.15, 0.2) is 53.7 Å². The van der Waals surface area contributed by atoms with Gasteiger partial charge in [0.15, 0.2) is 0 Å². The van der Waals surface area contributed by atoms with Crippen LogP contribution in [0.3, 0.4) is 0 Å². The quantitative estimate of drug-likeness (QED) is 0.831. The molecule has 138 valence electrons. The summed E-state index contributed by atoms with van der Waals surface area (Å²) < 4.78 is 22.5. The Morgan fingerprint density at radius 3 is 2.23 bits per heavy atom. The summed E-state index contributed by atoms with van der Waals surface area (Å²) in [5, 5.41) is 7.84. The number of sulfonamides is 1. The van der Waals surface area contributed by atoms with Crippen molar-refractivity contribution in [2.24, 2.45) is 5.14 Å². The van der Waals surface area contributed by atoms with Crippen LogP contribution < -0.4 is 10.5 Å². The molecule has 1 fully saturated rings. The number of aromatic nitrogens is 1. The Hall–Kier alpha value is -2.49. The van der Waals surface area contributed by atoms with Crippen molar-refractivity contribution in [1.29, 1.82) is 0 Å². The Labute approximate surface area is 152 Å². The summed E-state index contributed by atoms with van der Waals surface area (Å²) in [4.78, 5) is 20.4. The van der Waals surface area contributed by atoms with Crippen molar-refractivity contribution >= 4 is 21.7 Å². The lowest BCUT2D eigenvalue weighted by molar-refractivity contribution is 0.143. The first-order valence-corrected chi connectivity index (χ1v) is 9.76. The molecular formula is C17H21N5O3S. The van der Waals surface area contributed by atoms with Gasteiger partial charge >= 0.3 is 6.03 Å². The zero-order valence-corrected chi connectivity index (χ0v) is 15.0. The number of carbonyl (C=O) groups excluding carboxylic acids is 1. The van der Waals surface area contributed by atoms with E-state index in [-0.39, 0.29) is 10.9 Å². The summed E-state index contributed by atoms with van der Waals surface area (Å²) >= 11 is 0. The lowest BCUT2D eigenvalue weighted by atomic mass is 10.2. The SMILES string of the molecule is NS(=O)(=O)c1ccc(NC(=O)N2CCN(Cc3ccncc3)CC2)cc1. The summed E-state index contributed by atoms with van der Waals surface area (Å²) in [7, 11) is -3.73.